The number of hydrogen-bond donors (Lipinski definition) is 2. The van der Waals surface area contributed by atoms with Crippen molar-refractivity contribution in [1.82, 2.24) is 0 Å². The Hall–Kier alpha value is -2.08. The molecule has 0 bridgehead atoms. The van der Waals surface area contributed by atoms with E-state index in [1.807, 2.05) is 0 Å². The zero-order valence-electron chi connectivity index (χ0n) is 10.6. The van der Waals surface area contributed by atoms with Crippen molar-refractivity contribution in [3.05, 3.63) is 50.2 Å². The minimum absolute atomic E-state index is 0.00689. The number of nitrogens with zero attached hydrogens (tertiary/aromatic N) is 1. The van der Waals surface area contributed by atoms with Crippen LogP contribution in [0.25, 0.3) is 0 Å². The van der Waals surface area contributed by atoms with Crippen molar-refractivity contribution in [2.24, 2.45) is 0 Å². The Labute approximate surface area is 115 Å². The van der Waals surface area contributed by atoms with Gasteiger partial charge < -0.3 is 11.1 Å². The number of hydrogen-bond acceptors (Lipinski definition) is 5. The molecule has 0 atom stereocenters. The van der Waals surface area contributed by atoms with Crippen molar-refractivity contribution in [1.29, 1.82) is 0 Å². The highest BCUT2D eigenvalue weighted by atomic mass is 32.1. The molecule has 1 aromatic heterocycles. The van der Waals surface area contributed by atoms with E-state index in [-0.39, 0.29) is 5.69 Å². The minimum atomic E-state index is -0.451. The molecule has 0 radical (unpaired) electrons. The fraction of sp³-hybridized carbons (Fsp3) is 0.231. The quantitative estimate of drug-likeness (QED) is 0.498. The lowest BCUT2D eigenvalue weighted by atomic mass is 10.2. The lowest BCUT2D eigenvalue weighted by molar-refractivity contribution is -0.384. The molecule has 2 rings (SSSR count). The van der Waals surface area contributed by atoms with Crippen LogP contribution in [0.3, 0.4) is 0 Å². The number of nitrogens with one attached hydrogen (secondary N) is 1. The molecule has 6 heteroatoms. The Morgan fingerprint density at radius 1 is 1.32 bits per heavy atom. The highest BCUT2D eigenvalue weighted by molar-refractivity contribution is 7.12. The third-order valence-electron chi connectivity index (χ3n) is 2.76. The van der Waals surface area contributed by atoms with E-state index in [9.17, 15) is 10.1 Å². The monoisotopic (exact) mass is 277 g/mol. The number of anilines is 2. The molecule has 0 saturated carbocycles. The van der Waals surface area contributed by atoms with Gasteiger partial charge in [-0.2, -0.15) is 0 Å². The summed E-state index contributed by atoms with van der Waals surface area (Å²) in [6.07, 6.45) is 1.03. The van der Waals surface area contributed by atoms with Crippen molar-refractivity contribution in [3.8, 4) is 0 Å². The Bertz CT molecular complexity index is 595. The molecule has 0 aliphatic carbocycles. The summed E-state index contributed by atoms with van der Waals surface area (Å²) >= 11 is 1.75. The van der Waals surface area contributed by atoms with Crippen molar-refractivity contribution >= 4 is 28.4 Å². The average molecular weight is 277 g/mol. The number of nitrogens with two attached hydrogens (primary N) is 1. The van der Waals surface area contributed by atoms with Gasteiger partial charge in [-0.1, -0.05) is 6.92 Å². The standard InChI is InChI=1S/C13H15N3O2S/c1-2-10-4-5-11(19-10)8-15-13-6-3-9(16(17)18)7-12(13)14/h3-7,15H,2,8,14H2,1H3. The van der Waals surface area contributed by atoms with Crippen molar-refractivity contribution in [2.75, 3.05) is 11.1 Å². The largest absolute Gasteiger partial charge is 0.397 e. The van der Waals surface area contributed by atoms with Gasteiger partial charge in [-0.15, -0.1) is 11.3 Å². The highest BCUT2D eigenvalue weighted by Gasteiger charge is 2.08. The fourth-order valence-corrected chi connectivity index (χ4v) is 2.61. The second kappa shape index (κ2) is 5.71. The Kier molecular flexibility index (Phi) is 4.01. The first-order valence-electron chi connectivity index (χ1n) is 5.95. The molecule has 0 aliphatic rings. The summed E-state index contributed by atoms with van der Waals surface area (Å²) in [5.74, 6) is 0. The molecule has 100 valence electrons. The van der Waals surface area contributed by atoms with E-state index in [1.165, 1.54) is 21.9 Å². The third-order valence-corrected chi connectivity index (χ3v) is 3.99. The van der Waals surface area contributed by atoms with Gasteiger partial charge in [0.15, 0.2) is 0 Å². The summed E-state index contributed by atoms with van der Waals surface area (Å²) in [5.41, 5.74) is 6.91. The number of thiophene rings is 1. The third kappa shape index (κ3) is 3.23. The highest BCUT2D eigenvalue weighted by Crippen LogP contribution is 2.25. The maximum absolute atomic E-state index is 10.6. The fourth-order valence-electron chi connectivity index (χ4n) is 1.71. The van der Waals surface area contributed by atoms with Crippen LogP contribution in [0.4, 0.5) is 17.1 Å². The van der Waals surface area contributed by atoms with E-state index in [1.54, 1.807) is 17.4 Å². The molecule has 0 saturated heterocycles. The summed E-state index contributed by atoms with van der Waals surface area (Å²) in [4.78, 5) is 12.7. The number of nitrogen functional groups attached to an aromatic ring is 1. The zero-order valence-corrected chi connectivity index (χ0v) is 11.4. The van der Waals surface area contributed by atoms with E-state index >= 15 is 0 Å². The maximum atomic E-state index is 10.6. The number of nitro groups is 1. The van der Waals surface area contributed by atoms with Crippen molar-refractivity contribution in [3.63, 3.8) is 0 Å². The average Bonchev–Trinajstić information content (AvgIpc) is 2.85. The van der Waals surface area contributed by atoms with Gasteiger partial charge in [0.25, 0.3) is 5.69 Å². The minimum Gasteiger partial charge on any atom is -0.397 e. The molecular weight excluding hydrogens is 262 g/mol. The van der Waals surface area contributed by atoms with Gasteiger partial charge in [0.05, 0.1) is 16.3 Å². The SMILES string of the molecule is CCc1ccc(CNc2ccc([N+](=O)[O-])cc2N)s1. The van der Waals surface area contributed by atoms with Gasteiger partial charge in [-0.25, -0.2) is 0 Å². The smallest absolute Gasteiger partial charge is 0.271 e. The molecule has 1 aromatic carbocycles. The number of non-ortho nitro benzene ring substituents is 1. The van der Waals surface area contributed by atoms with Gasteiger partial charge in [0, 0.05) is 28.4 Å². The Morgan fingerprint density at radius 2 is 2.05 bits per heavy atom. The second-order valence-corrected chi connectivity index (χ2v) is 5.36. The number of rotatable bonds is 5. The van der Waals surface area contributed by atoms with Crippen LogP contribution in [0.5, 0.6) is 0 Å². The van der Waals surface area contributed by atoms with Gasteiger partial charge in [-0.3, -0.25) is 10.1 Å². The number of benzene rings is 1. The van der Waals surface area contributed by atoms with Crippen LogP contribution >= 0.6 is 11.3 Å². The second-order valence-electron chi connectivity index (χ2n) is 4.10. The number of nitro benzene ring substituents is 1. The van der Waals surface area contributed by atoms with Gasteiger partial charge in [0.1, 0.15) is 0 Å². The first kappa shape index (κ1) is 13.4. The van der Waals surface area contributed by atoms with Crippen LogP contribution in [0.1, 0.15) is 16.7 Å². The zero-order chi connectivity index (χ0) is 13.8. The molecule has 5 nitrogen and oxygen atoms in total. The summed E-state index contributed by atoms with van der Waals surface area (Å²) < 4.78 is 0. The normalized spacial score (nSPS) is 10.4. The lowest BCUT2D eigenvalue weighted by Gasteiger charge is -2.07. The Balaban J connectivity index is 2.05. The number of aryl methyl sites for hydroxylation is 1. The molecule has 19 heavy (non-hydrogen) atoms. The summed E-state index contributed by atoms with van der Waals surface area (Å²) in [5, 5.41) is 13.8. The summed E-state index contributed by atoms with van der Waals surface area (Å²) in [6, 6.07) is 8.65. The van der Waals surface area contributed by atoms with E-state index in [0.29, 0.717) is 12.2 Å². The van der Waals surface area contributed by atoms with Crippen LogP contribution in [0.15, 0.2) is 30.3 Å². The molecule has 2 aromatic rings. The van der Waals surface area contributed by atoms with Gasteiger partial charge in [0.2, 0.25) is 0 Å². The first-order valence-corrected chi connectivity index (χ1v) is 6.77. The maximum Gasteiger partial charge on any atom is 0.271 e. The molecule has 0 unspecified atom stereocenters. The van der Waals surface area contributed by atoms with Gasteiger partial charge in [-0.05, 0) is 24.6 Å². The van der Waals surface area contributed by atoms with Crippen LogP contribution in [-0.4, -0.2) is 4.92 Å². The molecule has 3 N–H and O–H groups in total. The van der Waals surface area contributed by atoms with Crippen molar-refractivity contribution in [2.45, 2.75) is 19.9 Å². The van der Waals surface area contributed by atoms with Crippen LogP contribution in [0, 0.1) is 10.1 Å². The molecule has 0 fully saturated rings. The van der Waals surface area contributed by atoms with Crippen LogP contribution in [0.2, 0.25) is 0 Å². The Morgan fingerprint density at radius 3 is 2.63 bits per heavy atom. The first-order chi connectivity index (χ1) is 9.10. The van der Waals surface area contributed by atoms with Gasteiger partial charge >= 0.3 is 0 Å². The lowest BCUT2D eigenvalue weighted by Crippen LogP contribution is -2.01. The van der Waals surface area contributed by atoms with E-state index in [2.05, 4.69) is 24.4 Å². The summed E-state index contributed by atoms with van der Waals surface area (Å²) in [7, 11) is 0. The molecule has 1 heterocycles. The van der Waals surface area contributed by atoms with E-state index in [0.717, 1.165) is 12.1 Å². The van der Waals surface area contributed by atoms with Crippen LogP contribution < -0.4 is 11.1 Å². The predicted octanol–water partition coefficient (Wildman–Crippen LogP) is 3.41. The van der Waals surface area contributed by atoms with Crippen LogP contribution in [-0.2, 0) is 13.0 Å². The molecule has 0 amide bonds. The molecule has 0 spiro atoms. The topological polar surface area (TPSA) is 81.2 Å². The van der Waals surface area contributed by atoms with E-state index < -0.39 is 4.92 Å². The van der Waals surface area contributed by atoms with E-state index in [4.69, 9.17) is 5.73 Å². The van der Waals surface area contributed by atoms with Crippen molar-refractivity contribution < 1.29 is 4.92 Å². The molecular formula is C13H15N3O2S. The molecule has 0 aliphatic heterocycles. The summed E-state index contributed by atoms with van der Waals surface area (Å²) in [6.45, 7) is 2.80. The predicted molar refractivity (Wildman–Crippen MR) is 78.5 cm³/mol.